The van der Waals surface area contributed by atoms with Gasteiger partial charge in [-0.05, 0) is 29.8 Å². The van der Waals surface area contributed by atoms with Crippen molar-refractivity contribution in [3.05, 3.63) is 52.9 Å². The lowest BCUT2D eigenvalue weighted by Gasteiger charge is -2.19. The lowest BCUT2D eigenvalue weighted by Crippen LogP contribution is -2.18. The van der Waals surface area contributed by atoms with Crippen LogP contribution in [0.25, 0.3) is 11.3 Å². The van der Waals surface area contributed by atoms with Gasteiger partial charge in [-0.1, -0.05) is 48.4 Å². The van der Waals surface area contributed by atoms with Crippen molar-refractivity contribution in [3.8, 4) is 17.1 Å². The second-order valence-electron chi connectivity index (χ2n) is 6.47. The minimum Gasteiger partial charge on any atom is -0.448 e. The summed E-state index contributed by atoms with van der Waals surface area (Å²) in [5, 5.41) is 15.6. The van der Waals surface area contributed by atoms with Gasteiger partial charge in [0, 0.05) is 22.6 Å². The molecule has 28 heavy (non-hydrogen) atoms. The molecule has 1 aliphatic heterocycles. The van der Waals surface area contributed by atoms with Gasteiger partial charge in [-0.25, -0.2) is 0 Å². The van der Waals surface area contributed by atoms with E-state index >= 15 is 0 Å². The largest absolute Gasteiger partial charge is 0.448 e. The Balaban J connectivity index is 1.81. The van der Waals surface area contributed by atoms with E-state index in [9.17, 15) is 4.91 Å². The molecule has 140 valence electrons. The number of thioether (sulfide) groups is 1. The molecule has 1 unspecified atom stereocenters. The van der Waals surface area contributed by atoms with Crippen LogP contribution in [0.4, 0.5) is 11.4 Å². The van der Waals surface area contributed by atoms with E-state index in [-0.39, 0.29) is 0 Å². The van der Waals surface area contributed by atoms with Gasteiger partial charge in [-0.3, -0.25) is 0 Å². The Morgan fingerprint density at radius 3 is 2.79 bits per heavy atom. The molecule has 0 spiro atoms. The van der Waals surface area contributed by atoms with Crippen molar-refractivity contribution >= 4 is 36.4 Å². The maximum atomic E-state index is 11.0. The maximum Gasteiger partial charge on any atom is 0.247 e. The second-order valence-corrected chi connectivity index (χ2v) is 7.53. The fourth-order valence-electron chi connectivity index (χ4n) is 2.89. The van der Waals surface area contributed by atoms with Crippen molar-refractivity contribution in [1.29, 1.82) is 0 Å². The molecule has 0 fully saturated rings. The van der Waals surface area contributed by atoms with Crippen molar-refractivity contribution in [2.45, 2.75) is 24.7 Å². The van der Waals surface area contributed by atoms with Crippen LogP contribution < -0.4 is 15.5 Å². The Morgan fingerprint density at radius 1 is 1.21 bits per heavy atom. The summed E-state index contributed by atoms with van der Waals surface area (Å²) in [7, 11) is 2.03. The molecule has 9 heteroatoms. The lowest BCUT2D eigenvalue weighted by atomic mass is 9.95. The third-order valence-electron chi connectivity index (χ3n) is 4.33. The zero-order chi connectivity index (χ0) is 19.5. The SMILES string of the molecule is Bc1ccc(C2Nc3cc(N=O)ccc3-c3nnc(SCCC)nc3O2)cc1. The Kier molecular flexibility index (Phi) is 5.25. The summed E-state index contributed by atoms with van der Waals surface area (Å²) in [6, 6.07) is 13.2. The average Bonchev–Trinajstić information content (AvgIpc) is 2.88. The lowest BCUT2D eigenvalue weighted by molar-refractivity contribution is 0.225. The minimum absolute atomic E-state index is 0.327. The normalized spacial score (nSPS) is 14.8. The molecular weight excluding hydrogens is 373 g/mol. The maximum absolute atomic E-state index is 11.0. The Labute approximate surface area is 167 Å². The summed E-state index contributed by atoms with van der Waals surface area (Å²) in [4.78, 5) is 15.6. The van der Waals surface area contributed by atoms with Gasteiger partial charge >= 0.3 is 0 Å². The molecule has 4 rings (SSSR count). The number of hydrogen-bond acceptors (Lipinski definition) is 8. The molecule has 0 aliphatic carbocycles. The molecule has 0 saturated carbocycles. The number of hydrogen-bond donors (Lipinski definition) is 1. The number of anilines is 1. The van der Waals surface area contributed by atoms with E-state index in [1.54, 1.807) is 30.0 Å². The number of nitroso groups, excluding NO2 is 1. The van der Waals surface area contributed by atoms with Crippen LogP contribution in [0.1, 0.15) is 25.1 Å². The van der Waals surface area contributed by atoms with E-state index in [1.807, 2.05) is 32.1 Å². The molecule has 0 saturated heterocycles. The second kappa shape index (κ2) is 7.98. The van der Waals surface area contributed by atoms with Gasteiger partial charge in [-0.15, -0.1) is 15.1 Å². The van der Waals surface area contributed by atoms with Crippen LogP contribution in [0.3, 0.4) is 0 Å². The predicted octanol–water partition coefficient (Wildman–Crippen LogP) is 3.20. The van der Waals surface area contributed by atoms with Crippen LogP contribution in [0.2, 0.25) is 0 Å². The molecule has 0 bridgehead atoms. The molecule has 1 N–H and O–H groups in total. The van der Waals surface area contributed by atoms with Gasteiger partial charge in [-0.2, -0.15) is 4.98 Å². The van der Waals surface area contributed by atoms with Crippen LogP contribution in [-0.4, -0.2) is 28.8 Å². The molecule has 0 radical (unpaired) electrons. The van der Waals surface area contributed by atoms with Gasteiger partial charge in [0.2, 0.25) is 11.0 Å². The van der Waals surface area contributed by atoms with Crippen LogP contribution in [-0.2, 0) is 0 Å². The standard InChI is InChI=1S/C19H18BN5O2S/c1-2-9-28-19-22-18-16(23-24-19)14-8-7-13(25-26)10-15(14)21-17(27-18)11-3-5-12(20)6-4-11/h3-8,10,17,21H,2,9,20H2,1H3. The summed E-state index contributed by atoms with van der Waals surface area (Å²) < 4.78 is 6.21. The summed E-state index contributed by atoms with van der Waals surface area (Å²) >= 11 is 1.54. The van der Waals surface area contributed by atoms with E-state index < -0.39 is 6.23 Å². The van der Waals surface area contributed by atoms with Crippen LogP contribution in [0.15, 0.2) is 52.8 Å². The number of benzene rings is 2. The van der Waals surface area contributed by atoms with Crippen LogP contribution in [0, 0.1) is 4.91 Å². The molecule has 2 heterocycles. The van der Waals surface area contributed by atoms with E-state index in [2.05, 4.69) is 32.6 Å². The van der Waals surface area contributed by atoms with Crippen molar-refractivity contribution in [3.63, 3.8) is 0 Å². The Morgan fingerprint density at radius 2 is 2.04 bits per heavy atom. The first-order valence-corrected chi connectivity index (χ1v) is 10.0. The number of nitrogens with one attached hydrogen (secondary N) is 1. The van der Waals surface area contributed by atoms with Gasteiger partial charge in [0.1, 0.15) is 13.5 Å². The summed E-state index contributed by atoms with van der Waals surface area (Å²) in [6.07, 6.45) is 0.535. The van der Waals surface area contributed by atoms with Gasteiger partial charge in [0.15, 0.2) is 11.9 Å². The van der Waals surface area contributed by atoms with E-state index in [1.165, 1.54) is 0 Å². The fourth-order valence-corrected chi connectivity index (χ4v) is 3.53. The Hall–Kier alpha value is -2.94. The number of nitrogens with zero attached hydrogens (tertiary/aromatic N) is 4. The van der Waals surface area contributed by atoms with E-state index in [0.29, 0.717) is 28.1 Å². The zero-order valence-corrected chi connectivity index (χ0v) is 16.4. The minimum atomic E-state index is -0.483. The number of ether oxygens (including phenoxy) is 1. The number of fused-ring (bicyclic) bond motifs is 3. The number of rotatable bonds is 5. The molecule has 3 aromatic rings. The van der Waals surface area contributed by atoms with Crippen molar-refractivity contribution in [1.82, 2.24) is 15.2 Å². The summed E-state index contributed by atoms with van der Waals surface area (Å²) in [5.41, 5.74) is 4.43. The van der Waals surface area contributed by atoms with E-state index in [4.69, 9.17) is 4.74 Å². The van der Waals surface area contributed by atoms with Gasteiger partial charge in [0.25, 0.3) is 0 Å². The first-order chi connectivity index (χ1) is 13.7. The van der Waals surface area contributed by atoms with E-state index in [0.717, 1.165) is 28.8 Å². The summed E-state index contributed by atoms with van der Waals surface area (Å²) in [5.74, 6) is 1.32. The first-order valence-electron chi connectivity index (χ1n) is 9.03. The predicted molar refractivity (Wildman–Crippen MR) is 113 cm³/mol. The third-order valence-corrected chi connectivity index (χ3v) is 5.37. The monoisotopic (exact) mass is 391 g/mol. The molecular formula is C19H18BN5O2S. The first kappa shape index (κ1) is 18.4. The molecule has 1 aliphatic rings. The van der Waals surface area contributed by atoms with Gasteiger partial charge in [0.05, 0.1) is 0 Å². The molecule has 1 atom stereocenters. The average molecular weight is 391 g/mol. The highest BCUT2D eigenvalue weighted by Crippen LogP contribution is 2.41. The smallest absolute Gasteiger partial charge is 0.247 e. The molecule has 2 aromatic carbocycles. The molecule has 1 aromatic heterocycles. The van der Waals surface area contributed by atoms with Crippen LogP contribution in [0.5, 0.6) is 5.88 Å². The highest BCUT2D eigenvalue weighted by molar-refractivity contribution is 7.99. The molecule has 0 amide bonds. The fraction of sp³-hybridized carbons (Fsp3) is 0.211. The van der Waals surface area contributed by atoms with Crippen molar-refractivity contribution in [2.24, 2.45) is 5.18 Å². The highest BCUT2D eigenvalue weighted by Gasteiger charge is 2.26. The highest BCUT2D eigenvalue weighted by atomic mass is 32.2. The van der Waals surface area contributed by atoms with Crippen molar-refractivity contribution < 1.29 is 4.74 Å². The summed E-state index contributed by atoms with van der Waals surface area (Å²) in [6.45, 7) is 2.10. The zero-order valence-electron chi connectivity index (χ0n) is 15.5. The molecule has 7 nitrogen and oxygen atoms in total. The Bertz CT molecular complexity index is 1020. The quantitative estimate of drug-likeness (QED) is 0.406. The third kappa shape index (κ3) is 3.70. The van der Waals surface area contributed by atoms with Crippen molar-refractivity contribution in [2.75, 3.05) is 11.1 Å². The number of aromatic nitrogens is 3. The van der Waals surface area contributed by atoms with Gasteiger partial charge < -0.3 is 10.1 Å². The topological polar surface area (TPSA) is 89.4 Å². The van der Waals surface area contributed by atoms with Crippen LogP contribution >= 0.6 is 11.8 Å².